The molecule has 0 bridgehead atoms. The molecule has 0 N–H and O–H groups in total. The largest absolute Gasteiger partial charge is 0.363 e. The fourth-order valence-corrected chi connectivity index (χ4v) is 4.20. The molecule has 1 aromatic heterocycles. The molecular formula is C17H22N4O5S. The minimum atomic E-state index is -3.69. The molecule has 1 saturated heterocycles. The third-order valence-corrected chi connectivity index (χ3v) is 5.96. The van der Waals surface area contributed by atoms with E-state index >= 15 is 0 Å². The monoisotopic (exact) mass is 394 g/mol. The Morgan fingerprint density at radius 1 is 1.22 bits per heavy atom. The maximum Gasteiger partial charge on any atom is 0.311 e. The van der Waals surface area contributed by atoms with Crippen LogP contribution in [0.25, 0.3) is 0 Å². The van der Waals surface area contributed by atoms with Gasteiger partial charge in [-0.25, -0.2) is 8.42 Å². The average Bonchev–Trinajstić information content (AvgIpc) is 2.93. The number of benzene rings is 1. The lowest BCUT2D eigenvalue weighted by molar-refractivity contribution is -0.387. The molecule has 9 nitrogen and oxygen atoms in total. The van der Waals surface area contributed by atoms with Gasteiger partial charge in [-0.2, -0.15) is 0 Å². The van der Waals surface area contributed by atoms with Crippen LogP contribution < -0.4 is 4.90 Å². The van der Waals surface area contributed by atoms with Crippen LogP contribution in [0, 0.1) is 24.0 Å². The van der Waals surface area contributed by atoms with Crippen molar-refractivity contribution in [2.45, 2.75) is 25.3 Å². The Morgan fingerprint density at radius 3 is 2.41 bits per heavy atom. The summed E-state index contributed by atoms with van der Waals surface area (Å²) in [5.41, 5.74) is 1.93. The lowest BCUT2D eigenvalue weighted by Gasteiger charge is -2.35. The number of aryl methyl sites for hydroxylation is 2. The van der Waals surface area contributed by atoms with E-state index in [4.69, 9.17) is 4.52 Å². The summed E-state index contributed by atoms with van der Waals surface area (Å²) < 4.78 is 29.1. The maximum atomic E-state index is 11.9. The molecule has 0 radical (unpaired) electrons. The van der Waals surface area contributed by atoms with Gasteiger partial charge in [0.1, 0.15) is 16.3 Å². The van der Waals surface area contributed by atoms with Crippen LogP contribution in [-0.4, -0.2) is 55.8 Å². The summed E-state index contributed by atoms with van der Waals surface area (Å²) in [6, 6.07) is 4.44. The minimum Gasteiger partial charge on any atom is -0.363 e. The molecule has 1 aromatic carbocycles. The number of nitrogens with zero attached hydrogens (tertiary/aromatic N) is 4. The number of rotatable bonds is 5. The Hall–Kier alpha value is -2.46. The molecule has 0 unspecified atom stereocenters. The van der Waals surface area contributed by atoms with E-state index in [9.17, 15) is 18.5 Å². The first-order chi connectivity index (χ1) is 12.7. The van der Waals surface area contributed by atoms with Crippen LogP contribution in [0.2, 0.25) is 0 Å². The van der Waals surface area contributed by atoms with Gasteiger partial charge in [0.25, 0.3) is 0 Å². The second-order valence-electron chi connectivity index (χ2n) is 6.72. The standard InChI is InChI=1S/C17H22N4O5S/c1-12-14(13(2)26-18-12)11-19-7-9-20(10-8-19)15-5-4-6-16(27(3,24)25)17(15)21(22)23/h4-6H,7-11H2,1-3H3. The predicted molar refractivity (Wildman–Crippen MR) is 99.7 cm³/mol. The summed E-state index contributed by atoms with van der Waals surface area (Å²) in [6.45, 7) is 7.03. The van der Waals surface area contributed by atoms with Crippen LogP contribution in [-0.2, 0) is 16.4 Å². The Labute approximate surface area is 157 Å². The van der Waals surface area contributed by atoms with Crippen molar-refractivity contribution in [2.75, 3.05) is 37.3 Å². The third kappa shape index (κ3) is 3.96. The Balaban J connectivity index is 1.79. The van der Waals surface area contributed by atoms with Crippen LogP contribution >= 0.6 is 0 Å². The topological polar surface area (TPSA) is 110 Å². The zero-order valence-electron chi connectivity index (χ0n) is 15.5. The number of anilines is 1. The number of sulfone groups is 1. The van der Waals surface area contributed by atoms with Gasteiger partial charge in [-0.15, -0.1) is 0 Å². The summed E-state index contributed by atoms with van der Waals surface area (Å²) in [5, 5.41) is 15.5. The first kappa shape index (κ1) is 19.3. The second kappa shape index (κ2) is 7.28. The highest BCUT2D eigenvalue weighted by molar-refractivity contribution is 7.90. The average molecular weight is 394 g/mol. The van der Waals surface area contributed by atoms with E-state index in [0.29, 0.717) is 38.4 Å². The number of para-hydroxylation sites is 1. The van der Waals surface area contributed by atoms with Gasteiger partial charge in [-0.1, -0.05) is 11.2 Å². The molecule has 2 heterocycles. The van der Waals surface area contributed by atoms with Gasteiger partial charge in [0.15, 0.2) is 9.84 Å². The molecule has 1 fully saturated rings. The molecule has 1 aliphatic rings. The van der Waals surface area contributed by atoms with Crippen LogP contribution in [0.5, 0.6) is 0 Å². The van der Waals surface area contributed by atoms with Gasteiger partial charge < -0.3 is 9.42 Å². The zero-order chi connectivity index (χ0) is 19.8. The first-order valence-corrected chi connectivity index (χ1v) is 10.4. The Bertz CT molecular complexity index is 942. The number of aromatic nitrogens is 1. The van der Waals surface area contributed by atoms with Gasteiger partial charge in [0.05, 0.1) is 10.6 Å². The quantitative estimate of drug-likeness (QED) is 0.559. The lowest BCUT2D eigenvalue weighted by Crippen LogP contribution is -2.46. The van der Waals surface area contributed by atoms with Gasteiger partial charge in [-0.05, 0) is 26.0 Å². The SMILES string of the molecule is Cc1noc(C)c1CN1CCN(c2cccc(S(C)(=O)=O)c2[N+](=O)[O-])CC1. The highest BCUT2D eigenvalue weighted by atomic mass is 32.2. The second-order valence-corrected chi connectivity index (χ2v) is 8.70. The molecule has 0 amide bonds. The van der Waals surface area contributed by atoms with Crippen LogP contribution in [0.15, 0.2) is 27.6 Å². The summed E-state index contributed by atoms with van der Waals surface area (Å²) in [4.78, 5) is 14.8. The highest BCUT2D eigenvalue weighted by Gasteiger charge is 2.30. The number of hydrogen-bond acceptors (Lipinski definition) is 8. The van der Waals surface area contributed by atoms with Crippen molar-refractivity contribution in [1.82, 2.24) is 10.1 Å². The van der Waals surface area contributed by atoms with Crippen molar-refractivity contribution in [3.8, 4) is 0 Å². The van der Waals surface area contributed by atoms with E-state index < -0.39 is 14.8 Å². The van der Waals surface area contributed by atoms with Crippen molar-refractivity contribution in [1.29, 1.82) is 0 Å². The Kier molecular flexibility index (Phi) is 5.20. The van der Waals surface area contributed by atoms with Crippen LogP contribution in [0.4, 0.5) is 11.4 Å². The van der Waals surface area contributed by atoms with Gasteiger partial charge in [0, 0.05) is 44.5 Å². The van der Waals surface area contributed by atoms with Crippen molar-refractivity contribution in [2.24, 2.45) is 0 Å². The molecule has 146 valence electrons. The van der Waals surface area contributed by atoms with Gasteiger partial charge >= 0.3 is 5.69 Å². The van der Waals surface area contributed by atoms with E-state index in [1.165, 1.54) is 6.07 Å². The van der Waals surface area contributed by atoms with E-state index in [1.54, 1.807) is 12.1 Å². The number of nitro groups is 1. The first-order valence-electron chi connectivity index (χ1n) is 8.55. The molecule has 2 aromatic rings. The molecule has 1 aliphatic heterocycles. The third-order valence-electron chi connectivity index (χ3n) is 4.84. The molecule has 0 spiro atoms. The lowest BCUT2D eigenvalue weighted by atomic mass is 10.1. The molecular weight excluding hydrogens is 372 g/mol. The van der Waals surface area contributed by atoms with Gasteiger partial charge in [0.2, 0.25) is 0 Å². The number of hydrogen-bond donors (Lipinski definition) is 0. The van der Waals surface area contributed by atoms with E-state index in [0.717, 1.165) is 23.3 Å². The van der Waals surface area contributed by atoms with Crippen molar-refractivity contribution >= 4 is 21.2 Å². The molecule has 0 atom stereocenters. The van der Waals surface area contributed by atoms with Crippen LogP contribution in [0.1, 0.15) is 17.0 Å². The fraction of sp³-hybridized carbons (Fsp3) is 0.471. The van der Waals surface area contributed by atoms with Crippen molar-refractivity contribution in [3.05, 3.63) is 45.3 Å². The minimum absolute atomic E-state index is 0.247. The van der Waals surface area contributed by atoms with E-state index in [1.807, 2.05) is 18.7 Å². The number of nitro benzene ring substituents is 1. The molecule has 3 rings (SSSR count). The smallest absolute Gasteiger partial charge is 0.311 e. The normalized spacial score (nSPS) is 15.9. The molecule has 10 heteroatoms. The predicted octanol–water partition coefficient (Wildman–Crippen LogP) is 1.93. The zero-order valence-corrected chi connectivity index (χ0v) is 16.3. The van der Waals surface area contributed by atoms with Gasteiger partial charge in [-0.3, -0.25) is 15.0 Å². The summed E-state index contributed by atoms with van der Waals surface area (Å²) in [6.07, 6.45) is 0.987. The molecule has 0 saturated carbocycles. The molecule has 0 aliphatic carbocycles. The summed E-state index contributed by atoms with van der Waals surface area (Å²) in [7, 11) is -3.69. The summed E-state index contributed by atoms with van der Waals surface area (Å²) in [5.74, 6) is 0.798. The van der Waals surface area contributed by atoms with E-state index in [2.05, 4.69) is 10.1 Å². The highest BCUT2D eigenvalue weighted by Crippen LogP contribution is 2.35. The maximum absolute atomic E-state index is 11.9. The van der Waals surface area contributed by atoms with Crippen molar-refractivity contribution < 1.29 is 17.9 Å². The van der Waals surface area contributed by atoms with Crippen LogP contribution in [0.3, 0.4) is 0 Å². The number of piperazine rings is 1. The summed E-state index contributed by atoms with van der Waals surface area (Å²) >= 11 is 0. The van der Waals surface area contributed by atoms with Crippen molar-refractivity contribution in [3.63, 3.8) is 0 Å². The fourth-order valence-electron chi connectivity index (χ4n) is 3.35. The molecule has 27 heavy (non-hydrogen) atoms. The van der Waals surface area contributed by atoms with E-state index in [-0.39, 0.29) is 10.6 Å². The Morgan fingerprint density at radius 2 is 1.89 bits per heavy atom.